The first kappa shape index (κ1) is 17.8. The van der Waals surface area contributed by atoms with Gasteiger partial charge in [0.2, 0.25) is 5.91 Å². The Kier molecular flexibility index (Phi) is 7.93. The second kappa shape index (κ2) is 10.3. The minimum absolute atomic E-state index is 0.137. The molecule has 1 amide bonds. The molecule has 1 aromatic rings. The van der Waals surface area contributed by atoms with Crippen LogP contribution in [0.25, 0.3) is 0 Å². The van der Waals surface area contributed by atoms with Crippen LogP contribution in [0.5, 0.6) is 0 Å². The molecular weight excluding hydrogens is 308 g/mol. The zero-order valence-corrected chi connectivity index (χ0v) is 14.8. The molecule has 5 nitrogen and oxygen atoms in total. The van der Waals surface area contributed by atoms with Gasteiger partial charge >= 0.3 is 0 Å². The number of guanidine groups is 1. The number of carbonyl (C=O) groups is 1. The average Bonchev–Trinajstić information content (AvgIpc) is 3.07. The largest absolute Gasteiger partial charge is 0.356 e. The van der Waals surface area contributed by atoms with Gasteiger partial charge in [-0.15, -0.1) is 11.3 Å². The number of aliphatic imine (C=N–C) groups is 1. The number of rotatable bonds is 7. The number of carbonyl (C=O) groups excluding carboxylic acids is 1. The summed E-state index contributed by atoms with van der Waals surface area (Å²) in [6.45, 7) is 1.45. The van der Waals surface area contributed by atoms with Gasteiger partial charge in [-0.25, -0.2) is 0 Å². The molecule has 1 fully saturated rings. The van der Waals surface area contributed by atoms with Crippen molar-refractivity contribution in [1.82, 2.24) is 16.0 Å². The van der Waals surface area contributed by atoms with E-state index in [-0.39, 0.29) is 5.91 Å². The van der Waals surface area contributed by atoms with E-state index in [2.05, 4.69) is 38.5 Å². The van der Waals surface area contributed by atoms with Crippen LogP contribution in [0.15, 0.2) is 22.5 Å². The molecule has 1 aliphatic carbocycles. The van der Waals surface area contributed by atoms with Crippen LogP contribution in [0.2, 0.25) is 0 Å². The molecule has 1 heterocycles. The molecule has 23 heavy (non-hydrogen) atoms. The summed E-state index contributed by atoms with van der Waals surface area (Å²) in [5.74, 6) is 0.894. The fraction of sp³-hybridized carbons (Fsp3) is 0.647. The minimum atomic E-state index is 0.137. The van der Waals surface area contributed by atoms with E-state index >= 15 is 0 Å². The quantitative estimate of drug-likeness (QED) is 0.529. The van der Waals surface area contributed by atoms with Crippen LogP contribution in [0.3, 0.4) is 0 Å². The summed E-state index contributed by atoms with van der Waals surface area (Å²) in [6, 6.07) is 4.59. The van der Waals surface area contributed by atoms with Crippen molar-refractivity contribution in [2.24, 2.45) is 4.99 Å². The standard InChI is InChI=1S/C17H28N4OS/c1-18-17(19-11-9-15-8-5-13-23-15)20-12-10-16(22)21-14-6-3-2-4-7-14/h5,8,13-14H,2-4,6-7,9-12H2,1H3,(H,21,22)(H2,18,19,20). The summed E-state index contributed by atoms with van der Waals surface area (Å²) in [5, 5.41) is 11.7. The highest BCUT2D eigenvalue weighted by atomic mass is 32.1. The van der Waals surface area contributed by atoms with Gasteiger partial charge in [0.15, 0.2) is 5.96 Å². The molecule has 0 aromatic carbocycles. The van der Waals surface area contributed by atoms with Gasteiger partial charge in [0.05, 0.1) is 0 Å². The smallest absolute Gasteiger partial charge is 0.221 e. The van der Waals surface area contributed by atoms with Crippen molar-refractivity contribution >= 4 is 23.2 Å². The molecule has 0 aliphatic heterocycles. The summed E-state index contributed by atoms with van der Waals surface area (Å²) in [4.78, 5) is 17.5. The Hall–Kier alpha value is -1.56. The molecule has 1 aliphatic rings. The Bertz CT molecular complexity index is 481. The van der Waals surface area contributed by atoms with Crippen LogP contribution in [0.1, 0.15) is 43.4 Å². The van der Waals surface area contributed by atoms with Gasteiger partial charge in [-0.05, 0) is 30.7 Å². The highest BCUT2D eigenvalue weighted by molar-refractivity contribution is 7.09. The van der Waals surface area contributed by atoms with Crippen molar-refractivity contribution in [3.05, 3.63) is 22.4 Å². The highest BCUT2D eigenvalue weighted by Crippen LogP contribution is 2.17. The first-order valence-electron chi connectivity index (χ1n) is 8.54. The lowest BCUT2D eigenvalue weighted by Crippen LogP contribution is -2.41. The molecule has 2 rings (SSSR count). The second-order valence-electron chi connectivity index (χ2n) is 5.91. The summed E-state index contributed by atoms with van der Waals surface area (Å²) in [6.07, 6.45) is 7.52. The van der Waals surface area contributed by atoms with Crippen LogP contribution < -0.4 is 16.0 Å². The maximum Gasteiger partial charge on any atom is 0.221 e. The molecule has 0 spiro atoms. The van der Waals surface area contributed by atoms with Gasteiger partial charge in [0, 0.05) is 37.5 Å². The predicted molar refractivity (Wildman–Crippen MR) is 97.0 cm³/mol. The number of thiophene rings is 1. The van der Waals surface area contributed by atoms with Crippen molar-refractivity contribution in [3.8, 4) is 0 Å². The van der Waals surface area contributed by atoms with Gasteiger partial charge < -0.3 is 16.0 Å². The number of hydrogen-bond donors (Lipinski definition) is 3. The number of hydrogen-bond acceptors (Lipinski definition) is 3. The zero-order chi connectivity index (χ0) is 16.3. The SMILES string of the molecule is CN=C(NCCC(=O)NC1CCCCC1)NCCc1cccs1. The summed E-state index contributed by atoms with van der Waals surface area (Å²) >= 11 is 1.77. The maximum absolute atomic E-state index is 11.9. The summed E-state index contributed by atoms with van der Waals surface area (Å²) < 4.78 is 0. The van der Waals surface area contributed by atoms with Crippen LogP contribution in [0, 0.1) is 0 Å². The van der Waals surface area contributed by atoms with E-state index in [4.69, 9.17) is 0 Å². The summed E-state index contributed by atoms with van der Waals surface area (Å²) in [7, 11) is 1.75. The molecule has 128 valence electrons. The van der Waals surface area contributed by atoms with E-state index in [1.54, 1.807) is 18.4 Å². The molecule has 0 saturated heterocycles. The maximum atomic E-state index is 11.9. The molecule has 1 saturated carbocycles. The number of amides is 1. The Morgan fingerprint density at radius 1 is 1.26 bits per heavy atom. The zero-order valence-electron chi connectivity index (χ0n) is 13.9. The monoisotopic (exact) mass is 336 g/mol. The molecule has 0 atom stereocenters. The van der Waals surface area contributed by atoms with Crippen LogP contribution >= 0.6 is 11.3 Å². The minimum Gasteiger partial charge on any atom is -0.356 e. The van der Waals surface area contributed by atoms with Gasteiger partial charge in [-0.2, -0.15) is 0 Å². The molecule has 0 unspecified atom stereocenters. The molecule has 0 bridgehead atoms. The van der Waals surface area contributed by atoms with Crippen LogP contribution in [0.4, 0.5) is 0 Å². The van der Waals surface area contributed by atoms with E-state index in [1.807, 2.05) is 0 Å². The van der Waals surface area contributed by atoms with E-state index in [1.165, 1.54) is 24.1 Å². The van der Waals surface area contributed by atoms with Crippen LogP contribution in [-0.2, 0) is 11.2 Å². The third-order valence-electron chi connectivity index (χ3n) is 4.08. The number of nitrogens with one attached hydrogen (secondary N) is 3. The van der Waals surface area contributed by atoms with E-state index < -0.39 is 0 Å². The summed E-state index contributed by atoms with van der Waals surface area (Å²) in [5.41, 5.74) is 0. The fourth-order valence-corrected chi connectivity index (χ4v) is 3.53. The Morgan fingerprint density at radius 2 is 2.04 bits per heavy atom. The first-order valence-corrected chi connectivity index (χ1v) is 9.42. The van der Waals surface area contributed by atoms with Crippen molar-refractivity contribution in [2.45, 2.75) is 51.0 Å². The first-order chi connectivity index (χ1) is 11.3. The van der Waals surface area contributed by atoms with Gasteiger partial charge in [0.1, 0.15) is 0 Å². The lowest BCUT2D eigenvalue weighted by molar-refractivity contribution is -0.121. The van der Waals surface area contributed by atoms with Crippen molar-refractivity contribution < 1.29 is 4.79 Å². The Morgan fingerprint density at radius 3 is 2.74 bits per heavy atom. The fourth-order valence-electron chi connectivity index (χ4n) is 2.82. The third kappa shape index (κ3) is 7.03. The van der Waals surface area contributed by atoms with E-state index in [9.17, 15) is 4.79 Å². The van der Waals surface area contributed by atoms with Crippen molar-refractivity contribution in [2.75, 3.05) is 20.1 Å². The van der Waals surface area contributed by atoms with Crippen LogP contribution in [-0.4, -0.2) is 38.0 Å². The van der Waals surface area contributed by atoms with Crippen molar-refractivity contribution in [1.29, 1.82) is 0 Å². The molecule has 6 heteroatoms. The van der Waals surface area contributed by atoms with Gasteiger partial charge in [-0.1, -0.05) is 25.3 Å². The second-order valence-corrected chi connectivity index (χ2v) is 6.94. The predicted octanol–water partition coefficient (Wildman–Crippen LogP) is 2.29. The molecule has 1 aromatic heterocycles. The lowest BCUT2D eigenvalue weighted by Gasteiger charge is -2.22. The van der Waals surface area contributed by atoms with Gasteiger partial charge in [-0.3, -0.25) is 9.79 Å². The highest BCUT2D eigenvalue weighted by Gasteiger charge is 2.15. The number of nitrogens with zero attached hydrogens (tertiary/aromatic N) is 1. The lowest BCUT2D eigenvalue weighted by atomic mass is 9.95. The topological polar surface area (TPSA) is 65.5 Å². The molecule has 0 radical (unpaired) electrons. The molecule has 3 N–H and O–H groups in total. The normalized spacial score (nSPS) is 16.1. The van der Waals surface area contributed by atoms with E-state index in [0.717, 1.165) is 31.8 Å². The Labute approximate surface area is 143 Å². The van der Waals surface area contributed by atoms with Gasteiger partial charge in [0.25, 0.3) is 0 Å². The van der Waals surface area contributed by atoms with Crippen molar-refractivity contribution in [3.63, 3.8) is 0 Å². The Balaban J connectivity index is 1.56. The molecular formula is C17H28N4OS. The third-order valence-corrected chi connectivity index (χ3v) is 5.02. The van der Waals surface area contributed by atoms with E-state index in [0.29, 0.717) is 19.0 Å². The average molecular weight is 337 g/mol.